The highest BCUT2D eigenvalue weighted by molar-refractivity contribution is 7.86. The third-order valence-electron chi connectivity index (χ3n) is 3.68. The molecular weight excluding hydrogens is 404 g/mol. The second-order valence-electron chi connectivity index (χ2n) is 5.61. The van der Waals surface area contributed by atoms with Crippen LogP contribution in [0.3, 0.4) is 0 Å². The van der Waals surface area contributed by atoms with Gasteiger partial charge in [-0.25, -0.2) is 8.78 Å². The second kappa shape index (κ2) is 7.16. The van der Waals surface area contributed by atoms with Crippen LogP contribution in [0.4, 0.5) is 8.78 Å². The van der Waals surface area contributed by atoms with Crippen LogP contribution in [0.5, 0.6) is 0 Å². The number of ether oxygens (including phenoxy) is 1. The fraction of sp³-hybridized carbons (Fsp3) is 0.118. The number of carbonyl (C=O) groups excluding carboxylic acids is 1. The molecule has 0 fully saturated rings. The number of ketones is 1. The minimum absolute atomic E-state index is 0.388. The van der Waals surface area contributed by atoms with E-state index < -0.39 is 56.6 Å². The molecule has 0 amide bonds. The van der Waals surface area contributed by atoms with E-state index in [-0.39, 0.29) is 0 Å². The van der Waals surface area contributed by atoms with Gasteiger partial charge in [0, 0.05) is 16.1 Å². The normalized spacial score (nSPS) is 17.1. The lowest BCUT2D eigenvalue weighted by Gasteiger charge is -2.10. The number of hydrogen-bond acceptors (Lipinski definition) is 6. The van der Waals surface area contributed by atoms with Crippen LogP contribution in [0.15, 0.2) is 54.1 Å². The average Bonchev–Trinajstić information content (AvgIpc) is 2.87. The predicted molar refractivity (Wildman–Crippen MR) is 91.6 cm³/mol. The van der Waals surface area contributed by atoms with Gasteiger partial charge in [-0.1, -0.05) is 35.9 Å². The number of benzene rings is 2. The summed E-state index contributed by atoms with van der Waals surface area (Å²) < 4.78 is 61.2. The van der Waals surface area contributed by atoms with E-state index in [0.29, 0.717) is 10.6 Å². The Morgan fingerprint density at radius 3 is 2.48 bits per heavy atom. The molecule has 0 bridgehead atoms. The van der Waals surface area contributed by atoms with Crippen molar-refractivity contribution in [1.82, 2.24) is 0 Å². The first-order chi connectivity index (χ1) is 12.7. The van der Waals surface area contributed by atoms with E-state index in [4.69, 9.17) is 26.3 Å². The fourth-order valence-corrected chi connectivity index (χ4v) is 3.63. The Morgan fingerprint density at radius 1 is 1.15 bits per heavy atom. The first-order valence-electron chi connectivity index (χ1n) is 7.49. The molecule has 0 radical (unpaired) electrons. The zero-order valence-electron chi connectivity index (χ0n) is 13.5. The van der Waals surface area contributed by atoms with Crippen molar-refractivity contribution in [2.75, 3.05) is 0 Å². The molecule has 0 aliphatic carbocycles. The van der Waals surface area contributed by atoms with Gasteiger partial charge in [0.25, 0.3) is 0 Å². The summed E-state index contributed by atoms with van der Waals surface area (Å²) in [4.78, 5) is 12.4. The standard InChI is InChI=1S/C17H12ClF2NO5S/c18-11-6-4-9(5-7-11)15-14(22)16(17(21)25-15)26-27(23,24)8-10-2-1-3-12(19)13(10)20/h1-7,15H,8,21H2. The third-order valence-corrected chi connectivity index (χ3v) is 5.01. The lowest BCUT2D eigenvalue weighted by atomic mass is 10.1. The quantitative estimate of drug-likeness (QED) is 0.754. The molecule has 142 valence electrons. The first kappa shape index (κ1) is 19.1. The Bertz CT molecular complexity index is 1040. The molecule has 3 rings (SSSR count). The Balaban J connectivity index is 1.80. The summed E-state index contributed by atoms with van der Waals surface area (Å²) >= 11 is 5.78. The van der Waals surface area contributed by atoms with Gasteiger partial charge in [0.2, 0.25) is 17.4 Å². The molecule has 0 spiro atoms. The SMILES string of the molecule is NC1=C(OS(=O)(=O)Cc2cccc(F)c2F)C(=O)C(c2ccc(Cl)cc2)O1. The van der Waals surface area contributed by atoms with Crippen LogP contribution in [-0.4, -0.2) is 14.2 Å². The lowest BCUT2D eigenvalue weighted by molar-refractivity contribution is -0.123. The zero-order valence-corrected chi connectivity index (χ0v) is 15.1. The van der Waals surface area contributed by atoms with Gasteiger partial charge in [-0.15, -0.1) is 0 Å². The van der Waals surface area contributed by atoms with E-state index in [1.165, 1.54) is 24.3 Å². The van der Waals surface area contributed by atoms with E-state index in [1.807, 2.05) is 0 Å². The van der Waals surface area contributed by atoms with Crippen molar-refractivity contribution in [3.05, 3.63) is 81.9 Å². The van der Waals surface area contributed by atoms with Crippen LogP contribution in [0.2, 0.25) is 5.02 Å². The number of hydrogen-bond donors (Lipinski definition) is 1. The Hall–Kier alpha value is -2.65. The predicted octanol–water partition coefficient (Wildman–Crippen LogP) is 2.93. The van der Waals surface area contributed by atoms with E-state index >= 15 is 0 Å². The summed E-state index contributed by atoms with van der Waals surface area (Å²) in [6, 6.07) is 9.14. The summed E-state index contributed by atoms with van der Waals surface area (Å²) in [6.45, 7) is 0. The van der Waals surface area contributed by atoms with Crippen molar-refractivity contribution in [3.63, 3.8) is 0 Å². The van der Waals surface area contributed by atoms with Crippen molar-refractivity contribution in [1.29, 1.82) is 0 Å². The molecule has 1 atom stereocenters. The van der Waals surface area contributed by atoms with E-state index in [1.54, 1.807) is 0 Å². The van der Waals surface area contributed by atoms with Crippen molar-refractivity contribution in [2.24, 2.45) is 5.73 Å². The van der Waals surface area contributed by atoms with Crippen LogP contribution in [0.1, 0.15) is 17.2 Å². The topological polar surface area (TPSA) is 95.7 Å². The fourth-order valence-electron chi connectivity index (χ4n) is 2.42. The highest BCUT2D eigenvalue weighted by atomic mass is 35.5. The van der Waals surface area contributed by atoms with Gasteiger partial charge in [0.05, 0.1) is 0 Å². The molecule has 0 aromatic heterocycles. The molecule has 2 N–H and O–H groups in total. The maximum absolute atomic E-state index is 13.7. The highest BCUT2D eigenvalue weighted by Gasteiger charge is 2.39. The largest absolute Gasteiger partial charge is 0.460 e. The average molecular weight is 416 g/mol. The smallest absolute Gasteiger partial charge is 0.313 e. The molecule has 27 heavy (non-hydrogen) atoms. The number of Topliss-reactive ketones (excluding diaryl/α,β-unsaturated/α-hetero) is 1. The first-order valence-corrected chi connectivity index (χ1v) is 9.44. The van der Waals surface area contributed by atoms with Gasteiger partial charge in [-0.3, -0.25) is 4.79 Å². The van der Waals surface area contributed by atoms with E-state index in [0.717, 1.165) is 18.2 Å². The number of nitrogens with two attached hydrogens (primary N) is 1. The second-order valence-corrected chi connectivity index (χ2v) is 7.61. The summed E-state index contributed by atoms with van der Waals surface area (Å²) in [5.41, 5.74) is 5.51. The van der Waals surface area contributed by atoms with Crippen molar-refractivity contribution in [3.8, 4) is 0 Å². The van der Waals surface area contributed by atoms with Gasteiger partial charge in [0.1, 0.15) is 5.75 Å². The van der Waals surface area contributed by atoms with Crippen molar-refractivity contribution >= 4 is 27.5 Å². The molecule has 1 aliphatic rings. The molecular formula is C17H12ClF2NO5S. The van der Waals surface area contributed by atoms with Gasteiger partial charge in [-0.05, 0) is 18.2 Å². The van der Waals surface area contributed by atoms with E-state index in [9.17, 15) is 22.0 Å². The van der Waals surface area contributed by atoms with Crippen LogP contribution >= 0.6 is 11.6 Å². The molecule has 2 aromatic rings. The zero-order chi connectivity index (χ0) is 19.8. The Morgan fingerprint density at radius 2 is 1.81 bits per heavy atom. The molecule has 1 unspecified atom stereocenters. The summed E-state index contributed by atoms with van der Waals surface area (Å²) in [7, 11) is -4.50. The monoisotopic (exact) mass is 415 g/mol. The highest BCUT2D eigenvalue weighted by Crippen LogP contribution is 2.33. The van der Waals surface area contributed by atoms with Crippen LogP contribution in [-0.2, 0) is 29.6 Å². The van der Waals surface area contributed by atoms with Gasteiger partial charge >= 0.3 is 10.1 Å². The molecule has 10 heteroatoms. The van der Waals surface area contributed by atoms with Gasteiger partial charge in [0.15, 0.2) is 17.7 Å². The minimum atomic E-state index is -4.50. The van der Waals surface area contributed by atoms with Gasteiger partial charge < -0.3 is 14.7 Å². The van der Waals surface area contributed by atoms with Crippen LogP contribution in [0, 0.1) is 11.6 Å². The van der Waals surface area contributed by atoms with Crippen LogP contribution < -0.4 is 5.73 Å². The van der Waals surface area contributed by atoms with Crippen LogP contribution in [0.25, 0.3) is 0 Å². The van der Waals surface area contributed by atoms with Crippen molar-refractivity contribution < 1.29 is 30.9 Å². The third kappa shape index (κ3) is 4.04. The number of carbonyl (C=O) groups is 1. The molecule has 2 aromatic carbocycles. The van der Waals surface area contributed by atoms with Gasteiger partial charge in [-0.2, -0.15) is 8.42 Å². The maximum atomic E-state index is 13.7. The molecule has 1 aliphatic heterocycles. The molecule has 0 saturated carbocycles. The summed E-state index contributed by atoms with van der Waals surface area (Å²) in [5.74, 6) is -5.58. The summed E-state index contributed by atoms with van der Waals surface area (Å²) in [6.07, 6.45) is -1.20. The Labute approximate surface area is 158 Å². The molecule has 6 nitrogen and oxygen atoms in total. The number of rotatable bonds is 5. The van der Waals surface area contributed by atoms with E-state index in [2.05, 4.69) is 0 Å². The number of halogens is 3. The lowest BCUT2D eigenvalue weighted by Crippen LogP contribution is -2.17. The minimum Gasteiger partial charge on any atom is -0.460 e. The van der Waals surface area contributed by atoms with Crippen molar-refractivity contribution in [2.45, 2.75) is 11.9 Å². The maximum Gasteiger partial charge on any atom is 0.313 e. The molecule has 0 saturated heterocycles. The summed E-state index contributed by atoms with van der Waals surface area (Å²) in [5, 5.41) is 0.432. The molecule has 1 heterocycles. The Kier molecular flexibility index (Phi) is 5.07.